The van der Waals surface area contributed by atoms with Gasteiger partial charge in [0, 0.05) is 0 Å². The molecular formula is C11H26. The molecule has 0 N–H and O–H groups in total. The van der Waals surface area contributed by atoms with E-state index in [2.05, 4.69) is 26.0 Å². The lowest BCUT2D eigenvalue weighted by molar-refractivity contribution is 0.952. The van der Waals surface area contributed by atoms with Gasteiger partial charge in [-0.1, -0.05) is 60.1 Å². The third-order valence-corrected chi connectivity index (χ3v) is 0.858. The summed E-state index contributed by atoms with van der Waals surface area (Å²) >= 11 is 0. The number of allylic oxidation sites excluding steroid dienone is 2. The van der Waals surface area contributed by atoms with Crippen LogP contribution in [0, 0.1) is 0 Å². The van der Waals surface area contributed by atoms with Crippen LogP contribution in [0.4, 0.5) is 0 Å². The van der Waals surface area contributed by atoms with Gasteiger partial charge in [0.05, 0.1) is 0 Å². The molecule has 0 aromatic carbocycles. The van der Waals surface area contributed by atoms with E-state index in [9.17, 15) is 0 Å². The molecule has 0 aliphatic rings. The van der Waals surface area contributed by atoms with Crippen molar-refractivity contribution >= 4 is 0 Å². The largest absolute Gasteiger partial charge is 0.0888 e. The summed E-state index contributed by atoms with van der Waals surface area (Å²) < 4.78 is 0. The highest BCUT2D eigenvalue weighted by Crippen LogP contribution is 1.88. The highest BCUT2D eigenvalue weighted by molar-refractivity contribution is 4.78. The Morgan fingerprint density at radius 2 is 1.27 bits per heavy atom. The molecule has 0 aromatic heterocycles. The zero-order chi connectivity index (χ0) is 9.54. The molecule has 0 heterocycles. The number of unbranched alkanes of at least 4 members (excludes halogenated alkanes) is 1. The second-order valence-electron chi connectivity index (χ2n) is 1.67. The highest BCUT2D eigenvalue weighted by Gasteiger charge is 1.68. The van der Waals surface area contributed by atoms with Crippen LogP contribution in [0.25, 0.3) is 0 Å². The second-order valence-corrected chi connectivity index (χ2v) is 1.67. The number of hydrogen-bond donors (Lipinski definition) is 0. The molecule has 0 aromatic rings. The van der Waals surface area contributed by atoms with Gasteiger partial charge >= 0.3 is 0 Å². The Balaban J connectivity index is -0.000000138. The summed E-state index contributed by atoms with van der Waals surface area (Å²) in [5.41, 5.74) is 0. The van der Waals surface area contributed by atoms with Crippen molar-refractivity contribution in [3.05, 3.63) is 12.2 Å². The van der Waals surface area contributed by atoms with Gasteiger partial charge in [-0.2, -0.15) is 0 Å². The molecule has 70 valence electrons. The lowest BCUT2D eigenvalue weighted by atomic mass is 10.3. The molecule has 0 fully saturated rings. The predicted octanol–water partition coefficient (Wildman–Crippen LogP) is 4.81. The minimum Gasteiger partial charge on any atom is -0.0888 e. The molecule has 0 rings (SSSR count). The summed E-state index contributed by atoms with van der Waals surface area (Å²) in [6, 6.07) is 0. The topological polar surface area (TPSA) is 0 Å². The molecule has 0 saturated heterocycles. The van der Waals surface area contributed by atoms with E-state index in [4.69, 9.17) is 0 Å². The number of rotatable bonds is 3. The Bertz CT molecular complexity index is 44.0. The fourth-order valence-corrected chi connectivity index (χ4v) is 0.451. The minimum atomic E-state index is 1.18. The Kier molecular flexibility index (Phi) is 51.2. The molecule has 0 heteroatoms. The van der Waals surface area contributed by atoms with E-state index in [-0.39, 0.29) is 0 Å². The lowest BCUT2D eigenvalue weighted by Crippen LogP contribution is -1.58. The third-order valence-electron chi connectivity index (χ3n) is 0.858. The Labute approximate surface area is 73.7 Å². The maximum atomic E-state index is 2.24. The Morgan fingerprint density at radius 3 is 1.55 bits per heavy atom. The van der Waals surface area contributed by atoms with E-state index in [0.717, 1.165) is 0 Å². The fraction of sp³-hybridized carbons (Fsp3) is 0.818. The fourth-order valence-electron chi connectivity index (χ4n) is 0.451. The molecule has 0 unspecified atom stereocenters. The van der Waals surface area contributed by atoms with E-state index < -0.39 is 0 Å². The first-order valence-corrected chi connectivity index (χ1v) is 5.06. The zero-order valence-corrected chi connectivity index (χ0v) is 9.28. The van der Waals surface area contributed by atoms with E-state index in [1.54, 1.807) is 0 Å². The van der Waals surface area contributed by atoms with Crippen LogP contribution in [0.3, 0.4) is 0 Å². The summed E-state index contributed by atoms with van der Waals surface area (Å²) in [4.78, 5) is 0. The first-order chi connectivity index (χ1) is 5.41. The van der Waals surface area contributed by atoms with Crippen molar-refractivity contribution < 1.29 is 0 Å². The van der Waals surface area contributed by atoms with Gasteiger partial charge in [-0.3, -0.25) is 0 Å². The van der Waals surface area contributed by atoms with Crippen LogP contribution in [-0.2, 0) is 0 Å². The summed E-state index contributed by atoms with van der Waals surface area (Å²) in [7, 11) is 0. The second kappa shape index (κ2) is 33.1. The Hall–Kier alpha value is -0.260. The van der Waals surface area contributed by atoms with Crippen LogP contribution in [0.1, 0.15) is 60.8 Å². The SMILES string of the molecule is CC.CC.CC/C=C\CCC. The van der Waals surface area contributed by atoms with Crippen LogP contribution in [-0.4, -0.2) is 0 Å². The average molecular weight is 158 g/mol. The standard InChI is InChI=1S/C7H14.2C2H6/c1-3-5-7-6-4-2;2*1-2/h5,7H,3-4,6H2,1-2H3;2*1-2H3/b7-5-;;. The highest BCUT2D eigenvalue weighted by atomic mass is 13.7. The van der Waals surface area contributed by atoms with Crippen molar-refractivity contribution in [3.63, 3.8) is 0 Å². The van der Waals surface area contributed by atoms with Gasteiger partial charge in [-0.15, -0.1) is 0 Å². The Morgan fingerprint density at radius 1 is 0.818 bits per heavy atom. The first-order valence-electron chi connectivity index (χ1n) is 5.06. The van der Waals surface area contributed by atoms with Crippen molar-refractivity contribution in [2.24, 2.45) is 0 Å². The molecule has 0 saturated carbocycles. The van der Waals surface area contributed by atoms with Crippen molar-refractivity contribution in [1.82, 2.24) is 0 Å². The van der Waals surface area contributed by atoms with Crippen molar-refractivity contribution in [2.45, 2.75) is 60.8 Å². The molecule has 0 spiro atoms. The minimum absolute atomic E-state index is 1.18. The predicted molar refractivity (Wildman–Crippen MR) is 57.0 cm³/mol. The first kappa shape index (κ1) is 17.0. The van der Waals surface area contributed by atoms with E-state index in [0.29, 0.717) is 0 Å². The van der Waals surface area contributed by atoms with Crippen molar-refractivity contribution in [3.8, 4) is 0 Å². The molecule has 0 nitrogen and oxygen atoms in total. The van der Waals surface area contributed by atoms with Gasteiger partial charge in [-0.05, 0) is 12.8 Å². The van der Waals surface area contributed by atoms with Gasteiger partial charge < -0.3 is 0 Å². The maximum absolute atomic E-state index is 2.24. The van der Waals surface area contributed by atoms with E-state index >= 15 is 0 Å². The van der Waals surface area contributed by atoms with Crippen LogP contribution < -0.4 is 0 Å². The average Bonchev–Trinajstić information content (AvgIpc) is 2.13. The van der Waals surface area contributed by atoms with Gasteiger partial charge in [0.1, 0.15) is 0 Å². The number of hydrogen-bond acceptors (Lipinski definition) is 0. The summed E-state index contributed by atoms with van der Waals surface area (Å²) in [6.07, 6.45) is 8.15. The molecule has 0 aliphatic carbocycles. The normalized spacial score (nSPS) is 7.82. The smallest absolute Gasteiger partial charge is 0.0353 e. The van der Waals surface area contributed by atoms with Crippen LogP contribution in [0.5, 0.6) is 0 Å². The van der Waals surface area contributed by atoms with Gasteiger partial charge in [-0.25, -0.2) is 0 Å². The van der Waals surface area contributed by atoms with Crippen LogP contribution in [0.2, 0.25) is 0 Å². The molecule has 0 amide bonds. The summed E-state index contributed by atoms with van der Waals surface area (Å²) in [5.74, 6) is 0. The molecular weight excluding hydrogens is 132 g/mol. The molecule has 0 aliphatic heterocycles. The summed E-state index contributed by atoms with van der Waals surface area (Å²) in [5, 5.41) is 0. The monoisotopic (exact) mass is 158 g/mol. The van der Waals surface area contributed by atoms with Crippen molar-refractivity contribution in [2.75, 3.05) is 0 Å². The van der Waals surface area contributed by atoms with Crippen LogP contribution in [0.15, 0.2) is 12.2 Å². The van der Waals surface area contributed by atoms with Gasteiger partial charge in [0.2, 0.25) is 0 Å². The molecule has 0 bridgehead atoms. The lowest BCUT2D eigenvalue weighted by Gasteiger charge is -1.79. The van der Waals surface area contributed by atoms with Crippen molar-refractivity contribution in [1.29, 1.82) is 0 Å². The van der Waals surface area contributed by atoms with Gasteiger partial charge in [0.15, 0.2) is 0 Å². The van der Waals surface area contributed by atoms with E-state index in [1.165, 1.54) is 19.3 Å². The molecule has 11 heavy (non-hydrogen) atoms. The molecule has 0 atom stereocenters. The third kappa shape index (κ3) is 41.7. The zero-order valence-electron chi connectivity index (χ0n) is 9.28. The van der Waals surface area contributed by atoms with E-state index in [1.807, 2.05) is 27.7 Å². The maximum Gasteiger partial charge on any atom is -0.0353 e. The quantitative estimate of drug-likeness (QED) is 0.517. The summed E-state index contributed by atoms with van der Waals surface area (Å²) in [6.45, 7) is 12.4. The van der Waals surface area contributed by atoms with Crippen LogP contribution >= 0.6 is 0 Å². The molecule has 0 radical (unpaired) electrons. The van der Waals surface area contributed by atoms with Gasteiger partial charge in [0.25, 0.3) is 0 Å².